The van der Waals surface area contributed by atoms with Crippen molar-refractivity contribution in [1.82, 2.24) is 0 Å². The second-order valence-electron chi connectivity index (χ2n) is 16.4. The van der Waals surface area contributed by atoms with Crippen molar-refractivity contribution >= 4 is 49.9 Å². The lowest BCUT2D eigenvalue weighted by atomic mass is 9.80. The van der Waals surface area contributed by atoms with Gasteiger partial charge in [-0.25, -0.2) is 0 Å². The lowest BCUT2D eigenvalue weighted by Crippen LogP contribution is -2.34. The van der Waals surface area contributed by atoms with Crippen LogP contribution in [-0.2, 0) is 5.54 Å². The van der Waals surface area contributed by atoms with E-state index in [0.717, 1.165) is 29.2 Å². The highest BCUT2D eigenvalue weighted by Gasteiger charge is 2.31. The van der Waals surface area contributed by atoms with Crippen LogP contribution in [0.25, 0.3) is 38.2 Å². The van der Waals surface area contributed by atoms with Crippen LogP contribution in [0.15, 0.2) is 200 Å². The summed E-state index contributed by atoms with van der Waals surface area (Å²) >= 11 is 0. The Hall–Kier alpha value is -6.64. The Morgan fingerprint density at radius 2 is 0.948 bits per heavy atom. The average Bonchev–Trinajstić information content (AvgIpc) is 3.27. The van der Waals surface area contributed by atoms with E-state index in [-0.39, 0.29) is 5.54 Å². The largest absolute Gasteiger partial charge is 0.372 e. The van der Waals surface area contributed by atoms with Crippen LogP contribution in [0.3, 0.4) is 0 Å². The molecule has 0 radical (unpaired) electrons. The first kappa shape index (κ1) is 37.0. The van der Waals surface area contributed by atoms with Gasteiger partial charge in [0.05, 0.1) is 5.54 Å². The number of rotatable bonds is 10. The maximum Gasteiger partial charge on any atom is 0.0847 e. The summed E-state index contributed by atoms with van der Waals surface area (Å²) in [5.74, 6) is 0.976. The van der Waals surface area contributed by atoms with Gasteiger partial charge in [0, 0.05) is 22.7 Å². The van der Waals surface area contributed by atoms with E-state index in [0.29, 0.717) is 11.8 Å². The maximum atomic E-state index is 3.97. The smallest absolute Gasteiger partial charge is 0.0847 e. The van der Waals surface area contributed by atoms with Crippen LogP contribution >= 0.6 is 0 Å². The minimum Gasteiger partial charge on any atom is -0.372 e. The molecule has 1 unspecified atom stereocenters. The molecule has 8 aromatic rings. The Bertz CT molecular complexity index is 2750. The molecule has 1 aliphatic carbocycles. The van der Waals surface area contributed by atoms with Gasteiger partial charge < -0.3 is 10.2 Å². The Morgan fingerprint density at radius 3 is 1.52 bits per heavy atom. The number of nitrogens with one attached hydrogen (secondary N) is 1. The molecule has 0 saturated carbocycles. The summed E-state index contributed by atoms with van der Waals surface area (Å²) in [6.45, 7) is 8.99. The molecule has 8 aromatic carbocycles. The third-order valence-electron chi connectivity index (χ3n) is 11.9. The van der Waals surface area contributed by atoms with Crippen molar-refractivity contribution in [3.63, 3.8) is 0 Å². The number of hydrogen-bond donors (Lipinski definition) is 1. The number of fused-ring (bicyclic) bond motifs is 2. The lowest BCUT2D eigenvalue weighted by Gasteiger charge is -2.35. The topological polar surface area (TPSA) is 15.3 Å². The molecule has 9 rings (SSSR count). The zero-order valence-corrected chi connectivity index (χ0v) is 33.9. The van der Waals surface area contributed by atoms with Gasteiger partial charge in [-0.05, 0) is 127 Å². The van der Waals surface area contributed by atoms with E-state index in [1.165, 1.54) is 60.5 Å². The van der Waals surface area contributed by atoms with Crippen molar-refractivity contribution in [3.05, 3.63) is 222 Å². The summed E-state index contributed by atoms with van der Waals surface area (Å²) in [5.41, 5.74) is 13.0. The predicted octanol–water partition coefficient (Wildman–Crippen LogP) is 15.7. The number of hydrogen-bond acceptors (Lipinski definition) is 2. The van der Waals surface area contributed by atoms with E-state index in [4.69, 9.17) is 0 Å². The Morgan fingerprint density at radius 1 is 0.466 bits per heavy atom. The van der Waals surface area contributed by atoms with Crippen LogP contribution in [0, 0.1) is 0 Å². The zero-order valence-electron chi connectivity index (χ0n) is 33.9. The van der Waals surface area contributed by atoms with Crippen LogP contribution in [0.4, 0.5) is 22.7 Å². The summed E-state index contributed by atoms with van der Waals surface area (Å²) in [7, 11) is 0. The molecular weight excluding hydrogens is 701 g/mol. The standard InChI is InChI=1S/C56H50N2/c1-39(2)41-17-25-51(26-18-41)56(57-52-27-19-43-9-5-7-11-49(43)37-52)35-33-48(34-36-56)46-15-13-45(14-16-46)47-22-30-54(31-23-47)58(53-28-20-42(21-29-53)40(3)4)55-32-24-44-10-6-8-12-50(44)38-55/h5-35,37-40,57H,36H2,1-4H3. The Kier molecular flexibility index (Phi) is 10.0. The van der Waals surface area contributed by atoms with Gasteiger partial charge in [-0.3, -0.25) is 0 Å². The molecule has 2 nitrogen and oxygen atoms in total. The van der Waals surface area contributed by atoms with E-state index in [2.05, 4.69) is 238 Å². The summed E-state index contributed by atoms with van der Waals surface area (Å²) in [6.07, 6.45) is 7.89. The average molecular weight is 751 g/mol. The zero-order chi connectivity index (χ0) is 39.6. The van der Waals surface area contributed by atoms with Crippen LogP contribution in [0.2, 0.25) is 0 Å². The fourth-order valence-electron chi connectivity index (χ4n) is 8.35. The van der Waals surface area contributed by atoms with Crippen molar-refractivity contribution in [2.45, 2.75) is 51.5 Å². The van der Waals surface area contributed by atoms with Crippen molar-refractivity contribution in [1.29, 1.82) is 0 Å². The summed E-state index contributed by atoms with van der Waals surface area (Å²) in [6, 6.07) is 66.8. The SMILES string of the molecule is CC(C)c1ccc(N(c2ccc(-c3ccc(C4=CCC(Nc5ccc6ccccc6c5)(c5ccc(C(C)C)cc5)C=C4)cc3)cc2)c2ccc3ccccc3c2)cc1. The number of benzene rings is 8. The fourth-order valence-corrected chi connectivity index (χ4v) is 8.35. The molecule has 284 valence electrons. The Balaban J connectivity index is 0.975. The summed E-state index contributed by atoms with van der Waals surface area (Å²) < 4.78 is 0. The van der Waals surface area contributed by atoms with E-state index in [1.54, 1.807) is 0 Å². The minimum absolute atomic E-state index is 0.361. The van der Waals surface area contributed by atoms with Crippen LogP contribution in [-0.4, -0.2) is 0 Å². The van der Waals surface area contributed by atoms with Gasteiger partial charge in [0.2, 0.25) is 0 Å². The highest BCUT2D eigenvalue weighted by Crippen LogP contribution is 2.40. The molecule has 1 atom stereocenters. The molecule has 0 aliphatic heterocycles. The molecule has 0 fully saturated rings. The monoisotopic (exact) mass is 750 g/mol. The van der Waals surface area contributed by atoms with Crippen molar-refractivity contribution < 1.29 is 0 Å². The van der Waals surface area contributed by atoms with Gasteiger partial charge in [-0.1, -0.05) is 179 Å². The van der Waals surface area contributed by atoms with Crippen LogP contribution < -0.4 is 10.2 Å². The third kappa shape index (κ3) is 7.46. The van der Waals surface area contributed by atoms with Gasteiger partial charge in [-0.15, -0.1) is 0 Å². The van der Waals surface area contributed by atoms with Gasteiger partial charge in [0.25, 0.3) is 0 Å². The lowest BCUT2D eigenvalue weighted by molar-refractivity contribution is 0.619. The van der Waals surface area contributed by atoms with Crippen LogP contribution in [0.5, 0.6) is 0 Å². The second kappa shape index (κ2) is 15.7. The summed E-state index contributed by atoms with van der Waals surface area (Å²) in [5, 5.41) is 8.93. The maximum absolute atomic E-state index is 3.97. The second-order valence-corrected chi connectivity index (χ2v) is 16.4. The molecular formula is C56H50N2. The highest BCUT2D eigenvalue weighted by atomic mass is 15.1. The molecule has 0 saturated heterocycles. The Labute approximate surface area is 343 Å². The van der Waals surface area contributed by atoms with Crippen molar-refractivity contribution in [2.75, 3.05) is 10.2 Å². The van der Waals surface area contributed by atoms with Crippen LogP contribution in [0.1, 0.15) is 68.2 Å². The molecule has 0 spiro atoms. The molecule has 58 heavy (non-hydrogen) atoms. The minimum atomic E-state index is -0.361. The number of nitrogens with zero attached hydrogens (tertiary/aromatic N) is 1. The first-order valence-electron chi connectivity index (χ1n) is 20.7. The summed E-state index contributed by atoms with van der Waals surface area (Å²) in [4.78, 5) is 2.36. The van der Waals surface area contributed by atoms with E-state index >= 15 is 0 Å². The van der Waals surface area contributed by atoms with E-state index < -0.39 is 0 Å². The number of anilines is 4. The predicted molar refractivity (Wildman–Crippen MR) is 250 cm³/mol. The van der Waals surface area contributed by atoms with E-state index in [9.17, 15) is 0 Å². The molecule has 2 heteroatoms. The molecule has 1 N–H and O–H groups in total. The first-order valence-corrected chi connectivity index (χ1v) is 20.7. The molecule has 0 heterocycles. The number of allylic oxidation sites excluding steroid dienone is 2. The highest BCUT2D eigenvalue weighted by molar-refractivity contribution is 5.90. The van der Waals surface area contributed by atoms with Gasteiger partial charge in [0.15, 0.2) is 0 Å². The van der Waals surface area contributed by atoms with Crippen molar-refractivity contribution in [3.8, 4) is 11.1 Å². The quantitative estimate of drug-likeness (QED) is 0.150. The van der Waals surface area contributed by atoms with Crippen molar-refractivity contribution in [2.24, 2.45) is 0 Å². The third-order valence-corrected chi connectivity index (χ3v) is 11.9. The molecule has 0 bridgehead atoms. The molecule has 0 amide bonds. The normalized spacial score (nSPS) is 15.2. The van der Waals surface area contributed by atoms with Gasteiger partial charge in [-0.2, -0.15) is 0 Å². The van der Waals surface area contributed by atoms with Gasteiger partial charge >= 0.3 is 0 Å². The molecule has 1 aliphatic rings. The van der Waals surface area contributed by atoms with Gasteiger partial charge in [0.1, 0.15) is 0 Å². The van der Waals surface area contributed by atoms with E-state index in [1.807, 2.05) is 0 Å². The first-order chi connectivity index (χ1) is 28.3. The fraction of sp³-hybridized carbons (Fsp3) is 0.143. The molecule has 0 aromatic heterocycles.